The van der Waals surface area contributed by atoms with Crippen molar-refractivity contribution in [1.82, 2.24) is 5.32 Å². The van der Waals surface area contributed by atoms with Gasteiger partial charge in [0.05, 0.1) is 0 Å². The predicted octanol–water partition coefficient (Wildman–Crippen LogP) is 2.21. The highest BCUT2D eigenvalue weighted by molar-refractivity contribution is 5.35. The Morgan fingerprint density at radius 1 is 1.44 bits per heavy atom. The van der Waals surface area contributed by atoms with E-state index in [2.05, 4.69) is 11.9 Å². The minimum Gasteiger partial charge on any atom is -0.491 e. The van der Waals surface area contributed by atoms with Crippen LogP contribution in [0.2, 0.25) is 0 Å². The number of benzene rings is 1. The summed E-state index contributed by atoms with van der Waals surface area (Å²) >= 11 is 0. The van der Waals surface area contributed by atoms with Crippen LogP contribution in [0, 0.1) is 13.8 Å². The molecule has 1 rings (SSSR count). The second-order valence-electron chi connectivity index (χ2n) is 4.67. The normalized spacial score (nSPS) is 14.0. The van der Waals surface area contributed by atoms with Crippen molar-refractivity contribution in [1.29, 1.82) is 0 Å². The second kappa shape index (κ2) is 7.19. The Morgan fingerprint density at radius 2 is 2.17 bits per heavy atom. The van der Waals surface area contributed by atoms with Gasteiger partial charge in [-0.2, -0.15) is 0 Å². The first kappa shape index (κ1) is 14.7. The Kier molecular flexibility index (Phi) is 5.89. The van der Waals surface area contributed by atoms with E-state index in [1.54, 1.807) is 6.08 Å². The van der Waals surface area contributed by atoms with E-state index in [1.165, 1.54) is 0 Å². The molecule has 2 atom stereocenters. The van der Waals surface area contributed by atoms with Crippen LogP contribution in [0.25, 0.3) is 0 Å². The maximum Gasteiger partial charge on any atom is 0.122 e. The summed E-state index contributed by atoms with van der Waals surface area (Å²) in [6.07, 6.45) is 1.28. The Bertz CT molecular complexity index is 390. The molecule has 0 amide bonds. The molecular weight excluding hydrogens is 226 g/mol. The van der Waals surface area contributed by atoms with Crippen LogP contribution < -0.4 is 10.1 Å². The summed E-state index contributed by atoms with van der Waals surface area (Å²) < 4.78 is 5.63. The van der Waals surface area contributed by atoms with Crippen molar-refractivity contribution < 1.29 is 9.84 Å². The quantitative estimate of drug-likeness (QED) is 0.728. The van der Waals surface area contributed by atoms with Gasteiger partial charge >= 0.3 is 0 Å². The summed E-state index contributed by atoms with van der Waals surface area (Å²) in [5, 5.41) is 12.9. The van der Waals surface area contributed by atoms with Gasteiger partial charge in [0.25, 0.3) is 0 Å². The van der Waals surface area contributed by atoms with Crippen LogP contribution in [0.5, 0.6) is 5.75 Å². The molecule has 1 aromatic rings. The van der Waals surface area contributed by atoms with E-state index < -0.39 is 6.10 Å². The Morgan fingerprint density at radius 3 is 2.83 bits per heavy atom. The van der Waals surface area contributed by atoms with E-state index in [4.69, 9.17) is 4.74 Å². The fraction of sp³-hybridized carbons (Fsp3) is 0.467. The number of hydrogen-bond donors (Lipinski definition) is 2. The zero-order chi connectivity index (χ0) is 13.5. The molecule has 0 aromatic heterocycles. The van der Waals surface area contributed by atoms with Crippen molar-refractivity contribution in [3.05, 3.63) is 42.0 Å². The van der Waals surface area contributed by atoms with Gasteiger partial charge in [-0.25, -0.2) is 0 Å². The van der Waals surface area contributed by atoms with Crippen LogP contribution in [-0.2, 0) is 0 Å². The largest absolute Gasteiger partial charge is 0.491 e. The third-order valence-corrected chi connectivity index (χ3v) is 2.80. The van der Waals surface area contributed by atoms with Gasteiger partial charge in [-0.05, 0) is 38.0 Å². The van der Waals surface area contributed by atoms with E-state index in [0.29, 0.717) is 13.2 Å². The molecule has 0 spiro atoms. The van der Waals surface area contributed by atoms with Gasteiger partial charge in [0.1, 0.15) is 18.5 Å². The number of aryl methyl sites for hydroxylation is 2. The highest BCUT2D eigenvalue weighted by Crippen LogP contribution is 2.19. The average Bonchev–Trinajstić information content (AvgIpc) is 2.36. The van der Waals surface area contributed by atoms with Gasteiger partial charge in [0.15, 0.2) is 0 Å². The summed E-state index contributed by atoms with van der Waals surface area (Å²) in [5.74, 6) is 0.839. The molecule has 0 fully saturated rings. The molecule has 0 saturated heterocycles. The summed E-state index contributed by atoms with van der Waals surface area (Å²) in [6, 6.07) is 6.25. The van der Waals surface area contributed by atoms with Crippen LogP contribution in [0.4, 0.5) is 0 Å². The van der Waals surface area contributed by atoms with E-state index >= 15 is 0 Å². The van der Waals surface area contributed by atoms with Crippen LogP contribution >= 0.6 is 0 Å². The molecule has 0 aliphatic heterocycles. The first-order valence-corrected chi connectivity index (χ1v) is 6.27. The highest BCUT2D eigenvalue weighted by Gasteiger charge is 2.07. The van der Waals surface area contributed by atoms with Gasteiger partial charge in [-0.3, -0.25) is 0 Å². The third kappa shape index (κ3) is 4.90. The van der Waals surface area contributed by atoms with Crippen molar-refractivity contribution in [2.75, 3.05) is 13.2 Å². The fourth-order valence-corrected chi connectivity index (χ4v) is 1.51. The lowest BCUT2D eigenvalue weighted by Gasteiger charge is -2.16. The van der Waals surface area contributed by atoms with E-state index in [9.17, 15) is 5.11 Å². The number of nitrogens with one attached hydrogen (secondary N) is 1. The molecule has 0 radical (unpaired) electrons. The predicted molar refractivity (Wildman–Crippen MR) is 75.1 cm³/mol. The molecule has 2 N–H and O–H groups in total. The lowest BCUT2D eigenvalue weighted by molar-refractivity contribution is 0.105. The average molecular weight is 249 g/mol. The van der Waals surface area contributed by atoms with Crippen LogP contribution in [0.15, 0.2) is 30.9 Å². The summed E-state index contributed by atoms with van der Waals surface area (Å²) in [5.41, 5.74) is 2.24. The van der Waals surface area contributed by atoms with Crippen molar-refractivity contribution >= 4 is 0 Å². The molecule has 0 aliphatic carbocycles. The molecule has 3 heteroatoms. The lowest BCUT2D eigenvalue weighted by Crippen LogP contribution is -2.35. The van der Waals surface area contributed by atoms with Crippen LogP contribution in [0.3, 0.4) is 0 Å². The molecule has 2 unspecified atom stereocenters. The van der Waals surface area contributed by atoms with E-state index in [-0.39, 0.29) is 6.04 Å². The molecule has 100 valence electrons. The fourth-order valence-electron chi connectivity index (χ4n) is 1.51. The zero-order valence-electron chi connectivity index (χ0n) is 11.4. The SMILES string of the molecule is C=CC(C)NCC(O)COc1cc(C)ccc1C. The zero-order valence-corrected chi connectivity index (χ0v) is 11.4. The first-order chi connectivity index (χ1) is 8.52. The number of hydrogen-bond acceptors (Lipinski definition) is 3. The number of aliphatic hydroxyl groups excluding tert-OH is 1. The molecule has 1 aromatic carbocycles. The lowest BCUT2D eigenvalue weighted by atomic mass is 10.1. The Labute approximate surface area is 109 Å². The number of rotatable bonds is 7. The summed E-state index contributed by atoms with van der Waals surface area (Å²) in [6.45, 7) is 10.5. The highest BCUT2D eigenvalue weighted by atomic mass is 16.5. The summed E-state index contributed by atoms with van der Waals surface area (Å²) in [7, 11) is 0. The Balaban J connectivity index is 2.40. The molecule has 0 saturated carbocycles. The maximum atomic E-state index is 9.79. The topological polar surface area (TPSA) is 41.5 Å². The summed E-state index contributed by atoms with van der Waals surface area (Å²) in [4.78, 5) is 0. The number of aliphatic hydroxyl groups is 1. The third-order valence-electron chi connectivity index (χ3n) is 2.80. The smallest absolute Gasteiger partial charge is 0.122 e. The van der Waals surface area contributed by atoms with E-state index in [1.807, 2.05) is 39.0 Å². The van der Waals surface area contributed by atoms with E-state index in [0.717, 1.165) is 16.9 Å². The van der Waals surface area contributed by atoms with Gasteiger partial charge in [-0.15, -0.1) is 6.58 Å². The van der Waals surface area contributed by atoms with Gasteiger partial charge in [0.2, 0.25) is 0 Å². The van der Waals surface area contributed by atoms with Crippen LogP contribution in [-0.4, -0.2) is 30.4 Å². The van der Waals surface area contributed by atoms with Gasteiger partial charge in [0, 0.05) is 12.6 Å². The van der Waals surface area contributed by atoms with Crippen molar-refractivity contribution in [2.24, 2.45) is 0 Å². The standard InChI is InChI=1S/C15H23NO2/c1-5-13(4)16-9-14(17)10-18-15-8-11(2)6-7-12(15)3/h5-8,13-14,16-17H,1,9-10H2,2-4H3. The van der Waals surface area contributed by atoms with Crippen molar-refractivity contribution in [2.45, 2.75) is 32.9 Å². The minimum atomic E-state index is -0.521. The van der Waals surface area contributed by atoms with Crippen molar-refractivity contribution in [3.8, 4) is 5.75 Å². The number of ether oxygens (including phenoxy) is 1. The van der Waals surface area contributed by atoms with Crippen LogP contribution in [0.1, 0.15) is 18.1 Å². The molecule has 0 aliphatic rings. The first-order valence-electron chi connectivity index (χ1n) is 6.27. The molecule has 0 bridgehead atoms. The Hall–Kier alpha value is -1.32. The van der Waals surface area contributed by atoms with Gasteiger partial charge in [-0.1, -0.05) is 18.2 Å². The minimum absolute atomic E-state index is 0.195. The molecular formula is C15H23NO2. The molecule has 18 heavy (non-hydrogen) atoms. The monoisotopic (exact) mass is 249 g/mol. The van der Waals surface area contributed by atoms with Crippen molar-refractivity contribution in [3.63, 3.8) is 0 Å². The molecule has 0 heterocycles. The second-order valence-corrected chi connectivity index (χ2v) is 4.67. The molecule has 3 nitrogen and oxygen atoms in total. The van der Waals surface area contributed by atoms with Gasteiger partial charge < -0.3 is 15.2 Å². The maximum absolute atomic E-state index is 9.79.